The molecule has 0 saturated heterocycles. The van der Waals surface area contributed by atoms with E-state index in [1.54, 1.807) is 0 Å². The number of carbonyl (C=O) groups excluding carboxylic acids is 1. The number of carbonyl (C=O) groups is 1. The number of Topliss-reactive ketones (excluding diaryl/α,β-unsaturated/α-hetero) is 1. The van der Waals surface area contributed by atoms with Gasteiger partial charge in [0.15, 0.2) is 0 Å². The molecular weight excluding hydrogens is 244 g/mol. The van der Waals surface area contributed by atoms with E-state index < -0.39 is 0 Å². The summed E-state index contributed by atoms with van der Waals surface area (Å²) < 4.78 is 0. The standard InChI is InChI=1S/C19H28O/c20-19(16-18-13-7-2-8-14-18)15-9-3-6-12-17-10-4-1-5-11-17/h2,7-8,13-14,17H,1,3-6,9-12,15-16H2. The van der Waals surface area contributed by atoms with Crippen LogP contribution in [-0.2, 0) is 11.2 Å². The number of rotatable bonds is 8. The largest absolute Gasteiger partial charge is 0.299 e. The van der Waals surface area contributed by atoms with Crippen LogP contribution in [0.1, 0.15) is 69.8 Å². The summed E-state index contributed by atoms with van der Waals surface area (Å²) >= 11 is 0. The third-order valence-electron chi connectivity index (χ3n) is 4.54. The van der Waals surface area contributed by atoms with Gasteiger partial charge in [-0.2, -0.15) is 0 Å². The third-order valence-corrected chi connectivity index (χ3v) is 4.54. The molecule has 1 aromatic carbocycles. The lowest BCUT2D eigenvalue weighted by atomic mass is 9.85. The van der Waals surface area contributed by atoms with Gasteiger partial charge in [0.05, 0.1) is 0 Å². The fraction of sp³-hybridized carbons (Fsp3) is 0.632. The average Bonchev–Trinajstić information content (AvgIpc) is 2.49. The number of hydrogen-bond donors (Lipinski definition) is 0. The molecule has 20 heavy (non-hydrogen) atoms. The van der Waals surface area contributed by atoms with Crippen molar-refractivity contribution >= 4 is 5.78 Å². The molecule has 0 spiro atoms. The highest BCUT2D eigenvalue weighted by Gasteiger charge is 2.12. The van der Waals surface area contributed by atoms with E-state index in [4.69, 9.17) is 0 Å². The first-order valence-electron chi connectivity index (χ1n) is 8.40. The van der Waals surface area contributed by atoms with Gasteiger partial charge in [0.1, 0.15) is 5.78 Å². The molecule has 1 fully saturated rings. The van der Waals surface area contributed by atoms with Gasteiger partial charge in [-0.25, -0.2) is 0 Å². The van der Waals surface area contributed by atoms with Gasteiger partial charge in [-0.05, 0) is 17.9 Å². The van der Waals surface area contributed by atoms with Crippen molar-refractivity contribution in [2.24, 2.45) is 5.92 Å². The average molecular weight is 272 g/mol. The van der Waals surface area contributed by atoms with Crippen LogP contribution in [0.25, 0.3) is 0 Å². The van der Waals surface area contributed by atoms with Crippen molar-refractivity contribution in [3.63, 3.8) is 0 Å². The van der Waals surface area contributed by atoms with Crippen LogP contribution in [-0.4, -0.2) is 5.78 Å². The minimum atomic E-state index is 0.397. The zero-order chi connectivity index (χ0) is 14.0. The lowest BCUT2D eigenvalue weighted by molar-refractivity contribution is -0.118. The summed E-state index contributed by atoms with van der Waals surface area (Å²) in [4.78, 5) is 11.9. The fourth-order valence-electron chi connectivity index (χ4n) is 3.32. The van der Waals surface area contributed by atoms with Crippen LogP contribution < -0.4 is 0 Å². The molecule has 0 aliphatic heterocycles. The van der Waals surface area contributed by atoms with Crippen LogP contribution in [0.3, 0.4) is 0 Å². The second kappa shape index (κ2) is 8.94. The van der Waals surface area contributed by atoms with E-state index in [1.165, 1.54) is 51.4 Å². The molecule has 0 radical (unpaired) electrons. The molecule has 0 heterocycles. The lowest BCUT2D eigenvalue weighted by Gasteiger charge is -2.21. The van der Waals surface area contributed by atoms with Crippen molar-refractivity contribution in [2.45, 2.75) is 70.6 Å². The number of ketones is 1. The number of unbranched alkanes of at least 4 members (excludes halogenated alkanes) is 2. The van der Waals surface area contributed by atoms with Crippen LogP contribution >= 0.6 is 0 Å². The first-order valence-corrected chi connectivity index (χ1v) is 8.40. The molecule has 0 unspecified atom stereocenters. The van der Waals surface area contributed by atoms with Crippen molar-refractivity contribution in [2.75, 3.05) is 0 Å². The third kappa shape index (κ3) is 5.90. The smallest absolute Gasteiger partial charge is 0.137 e. The van der Waals surface area contributed by atoms with Crippen molar-refractivity contribution in [3.8, 4) is 0 Å². The number of benzene rings is 1. The van der Waals surface area contributed by atoms with E-state index in [1.807, 2.05) is 30.3 Å². The SMILES string of the molecule is O=C(CCCCCC1CCCCC1)Cc1ccccc1. The summed E-state index contributed by atoms with van der Waals surface area (Å²) in [6, 6.07) is 10.1. The predicted molar refractivity (Wildman–Crippen MR) is 84.8 cm³/mol. The van der Waals surface area contributed by atoms with Gasteiger partial charge < -0.3 is 0 Å². The molecule has 0 amide bonds. The van der Waals surface area contributed by atoms with Crippen molar-refractivity contribution in [3.05, 3.63) is 35.9 Å². The van der Waals surface area contributed by atoms with Crippen molar-refractivity contribution in [1.82, 2.24) is 0 Å². The van der Waals surface area contributed by atoms with Crippen LogP contribution in [0, 0.1) is 5.92 Å². The monoisotopic (exact) mass is 272 g/mol. The van der Waals surface area contributed by atoms with Gasteiger partial charge in [0, 0.05) is 12.8 Å². The molecule has 1 aliphatic rings. The maximum Gasteiger partial charge on any atom is 0.137 e. The number of hydrogen-bond acceptors (Lipinski definition) is 1. The second-order valence-electron chi connectivity index (χ2n) is 6.30. The Bertz CT molecular complexity index is 376. The van der Waals surface area contributed by atoms with Crippen LogP contribution in [0.2, 0.25) is 0 Å². The molecule has 1 saturated carbocycles. The molecular formula is C19H28O. The second-order valence-corrected chi connectivity index (χ2v) is 6.30. The molecule has 0 aromatic heterocycles. The van der Waals surface area contributed by atoms with E-state index in [0.29, 0.717) is 12.2 Å². The van der Waals surface area contributed by atoms with Gasteiger partial charge in [0.2, 0.25) is 0 Å². The van der Waals surface area contributed by atoms with E-state index >= 15 is 0 Å². The summed E-state index contributed by atoms with van der Waals surface area (Å²) in [5.74, 6) is 1.39. The zero-order valence-corrected chi connectivity index (χ0v) is 12.7. The molecule has 2 rings (SSSR count). The summed E-state index contributed by atoms with van der Waals surface area (Å²) in [5, 5.41) is 0. The Morgan fingerprint density at radius 2 is 1.70 bits per heavy atom. The fourth-order valence-corrected chi connectivity index (χ4v) is 3.32. The zero-order valence-electron chi connectivity index (χ0n) is 12.7. The van der Waals surface area contributed by atoms with Crippen LogP contribution in [0.5, 0.6) is 0 Å². The molecule has 1 aliphatic carbocycles. The Morgan fingerprint density at radius 3 is 2.45 bits per heavy atom. The van der Waals surface area contributed by atoms with Gasteiger partial charge in [-0.3, -0.25) is 4.79 Å². The Kier molecular flexibility index (Phi) is 6.83. The van der Waals surface area contributed by atoms with Crippen molar-refractivity contribution < 1.29 is 4.79 Å². The molecule has 0 N–H and O–H groups in total. The summed E-state index contributed by atoms with van der Waals surface area (Å²) in [7, 11) is 0. The minimum absolute atomic E-state index is 0.397. The Morgan fingerprint density at radius 1 is 0.950 bits per heavy atom. The predicted octanol–water partition coefficient (Wildman–Crippen LogP) is 5.33. The van der Waals surface area contributed by atoms with Crippen LogP contribution in [0.15, 0.2) is 30.3 Å². The molecule has 0 atom stereocenters. The topological polar surface area (TPSA) is 17.1 Å². The lowest BCUT2D eigenvalue weighted by Crippen LogP contribution is -2.06. The highest BCUT2D eigenvalue weighted by molar-refractivity contribution is 5.80. The van der Waals surface area contributed by atoms with Gasteiger partial charge in [-0.1, -0.05) is 81.7 Å². The Labute approximate surface area is 123 Å². The van der Waals surface area contributed by atoms with Gasteiger partial charge >= 0.3 is 0 Å². The van der Waals surface area contributed by atoms with E-state index in [-0.39, 0.29) is 0 Å². The van der Waals surface area contributed by atoms with E-state index in [0.717, 1.165) is 24.3 Å². The highest BCUT2D eigenvalue weighted by atomic mass is 16.1. The van der Waals surface area contributed by atoms with Crippen LogP contribution in [0.4, 0.5) is 0 Å². The molecule has 1 aromatic rings. The quantitative estimate of drug-likeness (QED) is 0.585. The maximum absolute atomic E-state index is 11.9. The summed E-state index contributed by atoms with van der Waals surface area (Å²) in [6.45, 7) is 0. The highest BCUT2D eigenvalue weighted by Crippen LogP contribution is 2.28. The molecule has 1 heteroatoms. The minimum Gasteiger partial charge on any atom is -0.299 e. The molecule has 110 valence electrons. The maximum atomic E-state index is 11.9. The van der Waals surface area contributed by atoms with E-state index in [9.17, 15) is 4.79 Å². The van der Waals surface area contributed by atoms with Crippen molar-refractivity contribution in [1.29, 1.82) is 0 Å². The molecule has 0 bridgehead atoms. The Balaban J connectivity index is 1.51. The summed E-state index contributed by atoms with van der Waals surface area (Å²) in [6.07, 6.45) is 13.7. The van der Waals surface area contributed by atoms with E-state index in [2.05, 4.69) is 0 Å². The van der Waals surface area contributed by atoms with Gasteiger partial charge in [0.25, 0.3) is 0 Å². The first-order chi connectivity index (χ1) is 9.84. The normalized spacial score (nSPS) is 16.2. The Hall–Kier alpha value is -1.11. The summed E-state index contributed by atoms with van der Waals surface area (Å²) in [5.41, 5.74) is 1.15. The van der Waals surface area contributed by atoms with Gasteiger partial charge in [-0.15, -0.1) is 0 Å². The molecule has 1 nitrogen and oxygen atoms in total. The first kappa shape index (κ1) is 15.3.